The summed E-state index contributed by atoms with van der Waals surface area (Å²) in [5.41, 5.74) is -0.0663. The van der Waals surface area contributed by atoms with Gasteiger partial charge in [0.1, 0.15) is 5.78 Å². The zero-order valence-corrected chi connectivity index (χ0v) is 15.8. The van der Waals surface area contributed by atoms with E-state index in [2.05, 4.69) is 18.7 Å². The van der Waals surface area contributed by atoms with E-state index in [-0.39, 0.29) is 16.9 Å². The Balaban J connectivity index is 0.000000815. The first-order chi connectivity index (χ1) is 11.5. The third-order valence-corrected chi connectivity index (χ3v) is 7.59. The SMILES string of the molecule is CC.CC12CC[C@H]3C(CCN4C(=O)C=CCCC34C)C1CCC2=O. The van der Waals surface area contributed by atoms with E-state index >= 15 is 0 Å². The highest BCUT2D eigenvalue weighted by Crippen LogP contribution is 2.60. The van der Waals surface area contributed by atoms with Crippen LogP contribution in [0.15, 0.2) is 12.2 Å². The summed E-state index contributed by atoms with van der Waals surface area (Å²) in [5, 5.41) is 0. The van der Waals surface area contributed by atoms with Gasteiger partial charge in [-0.3, -0.25) is 9.59 Å². The van der Waals surface area contributed by atoms with Crippen molar-refractivity contribution in [2.45, 2.75) is 78.2 Å². The lowest BCUT2D eigenvalue weighted by Crippen LogP contribution is -2.62. The summed E-state index contributed by atoms with van der Waals surface area (Å²) in [4.78, 5) is 27.0. The van der Waals surface area contributed by atoms with Crippen LogP contribution in [-0.4, -0.2) is 28.7 Å². The van der Waals surface area contributed by atoms with E-state index in [0.717, 1.165) is 51.5 Å². The smallest absolute Gasteiger partial charge is 0.246 e. The standard InChI is InChI=1S/C19H27NO2.C2H6/c1-18-11-8-15-13(14(18)6-7-16(18)21)9-12-20-17(22)5-3-4-10-19(15,20)2;1-2/h3,5,13-15H,4,6-12H2,1-2H3;1-2H3/t13?,14?,15-,18?,19?;/m0./s1. The molecule has 5 atom stereocenters. The molecule has 3 nitrogen and oxygen atoms in total. The van der Waals surface area contributed by atoms with E-state index in [1.807, 2.05) is 19.9 Å². The van der Waals surface area contributed by atoms with Crippen molar-refractivity contribution < 1.29 is 9.59 Å². The van der Waals surface area contributed by atoms with Gasteiger partial charge in [-0.05, 0) is 69.3 Å². The summed E-state index contributed by atoms with van der Waals surface area (Å²) in [6.07, 6.45) is 11.0. The van der Waals surface area contributed by atoms with Gasteiger partial charge >= 0.3 is 0 Å². The third kappa shape index (κ3) is 2.38. The summed E-state index contributed by atoms with van der Waals surface area (Å²) in [7, 11) is 0. The predicted octanol–water partition coefficient (Wildman–Crippen LogP) is 4.37. The number of amides is 1. The van der Waals surface area contributed by atoms with Crippen molar-refractivity contribution in [1.29, 1.82) is 0 Å². The highest BCUT2D eigenvalue weighted by molar-refractivity contribution is 5.89. The Kier molecular flexibility index (Phi) is 4.65. The van der Waals surface area contributed by atoms with Crippen molar-refractivity contribution in [1.82, 2.24) is 4.90 Å². The number of fused-ring (bicyclic) bond motifs is 5. The van der Waals surface area contributed by atoms with Crippen molar-refractivity contribution in [2.24, 2.45) is 23.2 Å². The first-order valence-electron chi connectivity index (χ1n) is 9.98. The zero-order chi connectivity index (χ0) is 17.5. The minimum Gasteiger partial charge on any atom is -0.333 e. The van der Waals surface area contributed by atoms with Crippen molar-refractivity contribution in [3.63, 3.8) is 0 Å². The van der Waals surface area contributed by atoms with Crippen LogP contribution < -0.4 is 0 Å². The van der Waals surface area contributed by atoms with Gasteiger partial charge in [-0.2, -0.15) is 0 Å². The Morgan fingerprint density at radius 2 is 1.79 bits per heavy atom. The van der Waals surface area contributed by atoms with E-state index in [4.69, 9.17) is 0 Å². The van der Waals surface area contributed by atoms with Crippen LogP contribution in [0.5, 0.6) is 0 Å². The molecule has 0 aromatic heterocycles. The number of ketones is 1. The molecular weight excluding hydrogens is 298 g/mol. The Bertz CT molecular complexity index is 554. The van der Waals surface area contributed by atoms with Crippen LogP contribution in [0.3, 0.4) is 0 Å². The summed E-state index contributed by atoms with van der Waals surface area (Å²) in [6.45, 7) is 9.41. The Hall–Kier alpha value is -1.12. The van der Waals surface area contributed by atoms with Crippen LogP contribution >= 0.6 is 0 Å². The molecule has 0 aromatic rings. The summed E-state index contributed by atoms with van der Waals surface area (Å²) in [6, 6.07) is 0. The molecule has 0 aromatic carbocycles. The minimum atomic E-state index is -0.0628. The van der Waals surface area contributed by atoms with E-state index in [1.165, 1.54) is 0 Å². The molecule has 2 aliphatic carbocycles. The highest BCUT2D eigenvalue weighted by Gasteiger charge is 2.59. The Labute approximate surface area is 146 Å². The number of Topliss-reactive ketones (excluding diaryl/α,β-unsaturated/α-hetero) is 1. The second kappa shape index (κ2) is 6.31. The number of carbonyl (C=O) groups is 2. The summed E-state index contributed by atoms with van der Waals surface area (Å²) < 4.78 is 0. The van der Waals surface area contributed by atoms with Crippen LogP contribution in [0.25, 0.3) is 0 Å². The highest BCUT2D eigenvalue weighted by atomic mass is 16.2. The van der Waals surface area contributed by atoms with E-state index in [0.29, 0.717) is 23.5 Å². The first-order valence-corrected chi connectivity index (χ1v) is 9.98. The Morgan fingerprint density at radius 3 is 2.54 bits per heavy atom. The maximum atomic E-state index is 12.5. The molecular formula is C21H33NO2. The number of piperidine rings is 1. The fourth-order valence-corrected chi connectivity index (χ4v) is 6.30. The molecule has 4 rings (SSSR count). The van der Waals surface area contributed by atoms with Gasteiger partial charge in [0.25, 0.3) is 0 Å². The van der Waals surface area contributed by atoms with Gasteiger partial charge in [-0.1, -0.05) is 26.8 Å². The molecule has 3 fully saturated rings. The van der Waals surface area contributed by atoms with Crippen LogP contribution in [0.1, 0.15) is 72.6 Å². The number of hydrogen-bond donors (Lipinski definition) is 0. The largest absolute Gasteiger partial charge is 0.333 e. The number of nitrogens with zero attached hydrogens (tertiary/aromatic N) is 1. The number of carbonyl (C=O) groups excluding carboxylic acids is 2. The molecule has 1 saturated heterocycles. The summed E-state index contributed by atoms with van der Waals surface area (Å²) >= 11 is 0. The lowest BCUT2D eigenvalue weighted by atomic mass is 9.53. The van der Waals surface area contributed by atoms with Crippen LogP contribution in [-0.2, 0) is 9.59 Å². The van der Waals surface area contributed by atoms with E-state index in [9.17, 15) is 9.59 Å². The fraction of sp³-hybridized carbons (Fsp3) is 0.810. The van der Waals surface area contributed by atoms with Crippen LogP contribution in [0.2, 0.25) is 0 Å². The van der Waals surface area contributed by atoms with Gasteiger partial charge in [0.05, 0.1) is 0 Å². The molecule has 0 N–H and O–H groups in total. The topological polar surface area (TPSA) is 37.4 Å². The molecule has 1 amide bonds. The average Bonchev–Trinajstić information content (AvgIpc) is 2.79. The van der Waals surface area contributed by atoms with Crippen molar-refractivity contribution in [3.8, 4) is 0 Å². The molecule has 4 aliphatic rings. The molecule has 3 heteroatoms. The molecule has 0 spiro atoms. The van der Waals surface area contributed by atoms with Crippen molar-refractivity contribution in [2.75, 3.05) is 6.54 Å². The zero-order valence-electron chi connectivity index (χ0n) is 15.8. The molecule has 24 heavy (non-hydrogen) atoms. The lowest BCUT2D eigenvalue weighted by molar-refractivity contribution is -0.151. The van der Waals surface area contributed by atoms with E-state index < -0.39 is 0 Å². The van der Waals surface area contributed by atoms with Gasteiger partial charge in [0.15, 0.2) is 0 Å². The van der Waals surface area contributed by atoms with Gasteiger partial charge < -0.3 is 4.90 Å². The second-order valence-electron chi connectivity index (χ2n) is 8.37. The first kappa shape index (κ1) is 17.7. The molecule has 134 valence electrons. The molecule has 2 aliphatic heterocycles. The van der Waals surface area contributed by atoms with Gasteiger partial charge in [0.2, 0.25) is 5.91 Å². The average molecular weight is 332 g/mol. The number of rotatable bonds is 0. The normalized spacial score (nSPS) is 44.0. The number of hydrogen-bond acceptors (Lipinski definition) is 2. The van der Waals surface area contributed by atoms with Gasteiger partial charge in [0, 0.05) is 23.9 Å². The van der Waals surface area contributed by atoms with Crippen molar-refractivity contribution >= 4 is 11.7 Å². The summed E-state index contributed by atoms with van der Waals surface area (Å²) in [5.74, 6) is 2.48. The van der Waals surface area contributed by atoms with Gasteiger partial charge in [-0.25, -0.2) is 0 Å². The maximum absolute atomic E-state index is 12.5. The quantitative estimate of drug-likeness (QED) is 0.661. The molecule has 2 saturated carbocycles. The van der Waals surface area contributed by atoms with Gasteiger partial charge in [-0.15, -0.1) is 0 Å². The van der Waals surface area contributed by atoms with Crippen LogP contribution in [0.4, 0.5) is 0 Å². The predicted molar refractivity (Wildman–Crippen MR) is 96.5 cm³/mol. The molecule has 0 bridgehead atoms. The third-order valence-electron chi connectivity index (χ3n) is 7.59. The lowest BCUT2D eigenvalue weighted by Gasteiger charge is -2.58. The monoisotopic (exact) mass is 331 g/mol. The van der Waals surface area contributed by atoms with E-state index in [1.54, 1.807) is 6.08 Å². The minimum absolute atomic E-state index is 0.00350. The molecule has 4 unspecified atom stereocenters. The maximum Gasteiger partial charge on any atom is 0.246 e. The van der Waals surface area contributed by atoms with Crippen molar-refractivity contribution in [3.05, 3.63) is 12.2 Å². The Morgan fingerprint density at radius 1 is 1.04 bits per heavy atom. The molecule has 2 heterocycles. The second-order valence-corrected chi connectivity index (χ2v) is 8.37. The molecule has 0 radical (unpaired) electrons. The number of allylic oxidation sites excluding steroid dienone is 1. The fourth-order valence-electron chi connectivity index (χ4n) is 6.30. The van der Waals surface area contributed by atoms with Crippen LogP contribution in [0, 0.1) is 23.2 Å².